The van der Waals surface area contributed by atoms with Crippen molar-refractivity contribution in [2.24, 2.45) is 0 Å². The summed E-state index contributed by atoms with van der Waals surface area (Å²) < 4.78 is 0.978. The number of Topliss-reactive ketones (excluding diaryl/α,β-unsaturated/α-hetero) is 1. The average molecular weight is 318 g/mol. The molecule has 0 heterocycles. The Morgan fingerprint density at radius 2 is 1.79 bits per heavy atom. The van der Waals surface area contributed by atoms with Crippen LogP contribution in [-0.4, -0.2) is 12.3 Å². The molecular weight excluding hydrogens is 302 g/mol. The lowest BCUT2D eigenvalue weighted by Gasteiger charge is -2.10. The van der Waals surface area contributed by atoms with Gasteiger partial charge < -0.3 is 5.32 Å². The molecule has 0 aliphatic heterocycles. The van der Waals surface area contributed by atoms with Crippen LogP contribution in [0.5, 0.6) is 0 Å². The first-order valence-corrected chi connectivity index (χ1v) is 6.95. The fraction of sp³-hybridized carbons (Fsp3) is 0.188. The number of carbonyl (C=O) groups is 1. The molecule has 2 aromatic carbocycles. The van der Waals surface area contributed by atoms with Crippen LogP contribution in [0.2, 0.25) is 0 Å². The van der Waals surface area contributed by atoms with Crippen molar-refractivity contribution in [2.75, 3.05) is 11.9 Å². The summed E-state index contributed by atoms with van der Waals surface area (Å²) in [7, 11) is 0. The third-order valence-electron chi connectivity index (χ3n) is 3.00. The fourth-order valence-corrected chi connectivity index (χ4v) is 2.10. The first-order valence-electron chi connectivity index (χ1n) is 6.16. The normalized spacial score (nSPS) is 10.3. The van der Waals surface area contributed by atoms with Crippen molar-refractivity contribution in [2.45, 2.75) is 13.8 Å². The van der Waals surface area contributed by atoms with Gasteiger partial charge in [-0.2, -0.15) is 0 Å². The number of halogens is 1. The Balaban J connectivity index is 2.04. The summed E-state index contributed by atoms with van der Waals surface area (Å²) in [6, 6.07) is 13.6. The van der Waals surface area contributed by atoms with Crippen LogP contribution in [-0.2, 0) is 0 Å². The molecule has 2 rings (SSSR count). The van der Waals surface area contributed by atoms with Crippen LogP contribution < -0.4 is 5.32 Å². The van der Waals surface area contributed by atoms with Crippen LogP contribution in [0.4, 0.5) is 5.69 Å². The van der Waals surface area contributed by atoms with Gasteiger partial charge in [0.25, 0.3) is 0 Å². The molecule has 0 aliphatic carbocycles. The van der Waals surface area contributed by atoms with E-state index in [0.717, 1.165) is 21.3 Å². The number of hydrogen-bond acceptors (Lipinski definition) is 2. The molecule has 0 atom stereocenters. The van der Waals surface area contributed by atoms with Crippen molar-refractivity contribution in [3.05, 3.63) is 63.6 Å². The van der Waals surface area contributed by atoms with Crippen molar-refractivity contribution in [3.8, 4) is 0 Å². The third-order valence-corrected chi connectivity index (χ3v) is 3.53. The topological polar surface area (TPSA) is 29.1 Å². The monoisotopic (exact) mass is 317 g/mol. The first kappa shape index (κ1) is 13.8. The van der Waals surface area contributed by atoms with Crippen molar-refractivity contribution < 1.29 is 4.79 Å². The van der Waals surface area contributed by atoms with Gasteiger partial charge in [-0.05, 0) is 43.2 Å². The molecule has 0 unspecified atom stereocenters. The van der Waals surface area contributed by atoms with Gasteiger partial charge in [0.15, 0.2) is 5.78 Å². The maximum atomic E-state index is 12.0. The minimum absolute atomic E-state index is 0.0911. The zero-order valence-corrected chi connectivity index (χ0v) is 12.6. The Morgan fingerprint density at radius 3 is 2.47 bits per heavy atom. The summed E-state index contributed by atoms with van der Waals surface area (Å²) in [4.78, 5) is 12.0. The lowest BCUT2D eigenvalue weighted by molar-refractivity contribution is 0.101. The lowest BCUT2D eigenvalue weighted by Crippen LogP contribution is -2.14. The van der Waals surface area contributed by atoms with Gasteiger partial charge in [-0.3, -0.25) is 4.79 Å². The predicted molar refractivity (Wildman–Crippen MR) is 82.9 cm³/mol. The first-order chi connectivity index (χ1) is 9.06. The van der Waals surface area contributed by atoms with Gasteiger partial charge in [0, 0.05) is 15.7 Å². The van der Waals surface area contributed by atoms with Gasteiger partial charge >= 0.3 is 0 Å². The second-order valence-corrected chi connectivity index (χ2v) is 5.52. The van der Waals surface area contributed by atoms with Crippen LogP contribution >= 0.6 is 15.9 Å². The van der Waals surface area contributed by atoms with Gasteiger partial charge in [-0.15, -0.1) is 0 Å². The quantitative estimate of drug-likeness (QED) is 0.849. The highest BCUT2D eigenvalue weighted by atomic mass is 79.9. The SMILES string of the molecule is Cc1ccc(C)c(NCC(=O)c2ccc(Br)cc2)c1. The molecule has 98 valence electrons. The standard InChI is InChI=1S/C16H16BrNO/c1-11-3-4-12(2)15(9-11)18-10-16(19)13-5-7-14(17)8-6-13/h3-9,18H,10H2,1-2H3. The van der Waals surface area contributed by atoms with E-state index in [1.165, 1.54) is 5.56 Å². The largest absolute Gasteiger partial charge is 0.377 e. The van der Waals surface area contributed by atoms with E-state index < -0.39 is 0 Å². The second kappa shape index (κ2) is 6.02. The summed E-state index contributed by atoms with van der Waals surface area (Å²) in [5, 5.41) is 3.21. The van der Waals surface area contributed by atoms with Crippen molar-refractivity contribution in [3.63, 3.8) is 0 Å². The fourth-order valence-electron chi connectivity index (χ4n) is 1.84. The van der Waals surface area contributed by atoms with E-state index >= 15 is 0 Å². The zero-order valence-electron chi connectivity index (χ0n) is 11.0. The zero-order chi connectivity index (χ0) is 13.8. The molecule has 2 nitrogen and oxygen atoms in total. The molecule has 0 saturated heterocycles. The van der Waals surface area contributed by atoms with E-state index in [4.69, 9.17) is 0 Å². The summed E-state index contributed by atoms with van der Waals surface area (Å²) in [6.45, 7) is 4.39. The molecular formula is C16H16BrNO. The second-order valence-electron chi connectivity index (χ2n) is 4.60. The van der Waals surface area contributed by atoms with Crippen molar-refractivity contribution in [1.82, 2.24) is 0 Å². The minimum Gasteiger partial charge on any atom is -0.377 e. The predicted octanol–water partition coefficient (Wildman–Crippen LogP) is 4.36. The molecule has 3 heteroatoms. The molecule has 1 N–H and O–H groups in total. The van der Waals surface area contributed by atoms with Crippen LogP contribution in [0.25, 0.3) is 0 Å². The van der Waals surface area contributed by atoms with E-state index in [-0.39, 0.29) is 5.78 Å². The Hall–Kier alpha value is -1.61. The molecule has 0 fully saturated rings. The maximum Gasteiger partial charge on any atom is 0.181 e. The Labute approximate surface area is 122 Å². The molecule has 0 amide bonds. The van der Waals surface area contributed by atoms with Gasteiger partial charge in [-0.25, -0.2) is 0 Å². The summed E-state index contributed by atoms with van der Waals surface area (Å²) >= 11 is 3.36. The number of benzene rings is 2. The molecule has 0 aromatic heterocycles. The molecule has 0 aliphatic rings. The van der Waals surface area contributed by atoms with E-state index in [2.05, 4.69) is 39.4 Å². The van der Waals surface area contributed by atoms with Crippen LogP contribution in [0, 0.1) is 13.8 Å². The number of ketones is 1. The Kier molecular flexibility index (Phi) is 4.38. The smallest absolute Gasteiger partial charge is 0.181 e. The van der Waals surface area contributed by atoms with E-state index in [9.17, 15) is 4.79 Å². The summed E-state index contributed by atoms with van der Waals surface area (Å²) in [5.74, 6) is 0.0911. The summed E-state index contributed by atoms with van der Waals surface area (Å²) in [6.07, 6.45) is 0. The van der Waals surface area contributed by atoms with Gasteiger partial charge in [0.2, 0.25) is 0 Å². The Morgan fingerprint density at radius 1 is 1.11 bits per heavy atom. The van der Waals surface area contributed by atoms with Crippen LogP contribution in [0.15, 0.2) is 46.9 Å². The maximum absolute atomic E-state index is 12.0. The molecule has 0 spiro atoms. The number of rotatable bonds is 4. The molecule has 0 radical (unpaired) electrons. The number of carbonyl (C=O) groups excluding carboxylic acids is 1. The van der Waals surface area contributed by atoms with Crippen LogP contribution in [0.3, 0.4) is 0 Å². The molecule has 0 bridgehead atoms. The number of nitrogens with one attached hydrogen (secondary N) is 1. The molecule has 2 aromatic rings. The molecule has 0 saturated carbocycles. The number of aryl methyl sites for hydroxylation is 2. The number of anilines is 1. The Bertz CT molecular complexity index is 590. The lowest BCUT2D eigenvalue weighted by atomic mass is 10.1. The molecule has 19 heavy (non-hydrogen) atoms. The third kappa shape index (κ3) is 3.67. The minimum atomic E-state index is 0.0911. The van der Waals surface area contributed by atoms with Gasteiger partial charge in [0.05, 0.1) is 6.54 Å². The summed E-state index contributed by atoms with van der Waals surface area (Å²) in [5.41, 5.74) is 4.07. The van der Waals surface area contributed by atoms with Gasteiger partial charge in [0.1, 0.15) is 0 Å². The number of hydrogen-bond donors (Lipinski definition) is 1. The highest BCUT2D eigenvalue weighted by Gasteiger charge is 2.06. The van der Waals surface area contributed by atoms with Gasteiger partial charge in [-0.1, -0.05) is 40.2 Å². The van der Waals surface area contributed by atoms with E-state index in [0.29, 0.717) is 6.54 Å². The highest BCUT2D eigenvalue weighted by molar-refractivity contribution is 9.10. The van der Waals surface area contributed by atoms with E-state index in [1.807, 2.05) is 38.1 Å². The average Bonchev–Trinajstić information content (AvgIpc) is 2.40. The van der Waals surface area contributed by atoms with Crippen molar-refractivity contribution >= 4 is 27.4 Å². The van der Waals surface area contributed by atoms with E-state index in [1.54, 1.807) is 0 Å². The van der Waals surface area contributed by atoms with Crippen LogP contribution in [0.1, 0.15) is 21.5 Å². The highest BCUT2D eigenvalue weighted by Crippen LogP contribution is 2.16. The van der Waals surface area contributed by atoms with Crippen molar-refractivity contribution in [1.29, 1.82) is 0 Å².